The van der Waals surface area contributed by atoms with Crippen molar-refractivity contribution in [1.82, 2.24) is 5.32 Å². The van der Waals surface area contributed by atoms with Crippen LogP contribution in [0.15, 0.2) is 18.2 Å². The summed E-state index contributed by atoms with van der Waals surface area (Å²) in [5.41, 5.74) is -0.678. The van der Waals surface area contributed by atoms with Gasteiger partial charge in [0.2, 0.25) is 0 Å². The largest absolute Gasteiger partial charge is 0.480 e. The summed E-state index contributed by atoms with van der Waals surface area (Å²) in [6, 6.07) is 5.67. The van der Waals surface area contributed by atoms with E-state index in [9.17, 15) is 14.7 Å². The van der Waals surface area contributed by atoms with E-state index in [-0.39, 0.29) is 5.02 Å². The maximum Gasteiger partial charge on any atom is 0.329 e. The second kappa shape index (κ2) is 6.95. The van der Waals surface area contributed by atoms with Crippen molar-refractivity contribution in [1.29, 1.82) is 5.26 Å². The molecule has 0 spiro atoms. The number of rotatable bonds is 5. The molecule has 0 radical (unpaired) electrons. The number of anilines is 1. The Morgan fingerprint density at radius 2 is 2.14 bits per heavy atom. The fourth-order valence-corrected chi connectivity index (χ4v) is 2.04. The van der Waals surface area contributed by atoms with Crippen molar-refractivity contribution < 1.29 is 14.7 Å². The molecule has 1 unspecified atom stereocenters. The number of nitriles is 1. The lowest BCUT2D eigenvalue weighted by atomic mass is 9.97. The van der Waals surface area contributed by atoms with Crippen molar-refractivity contribution in [2.75, 3.05) is 5.32 Å². The topological polar surface area (TPSA) is 102 Å². The molecule has 3 N–H and O–H groups in total. The van der Waals surface area contributed by atoms with Crippen LogP contribution in [0.4, 0.5) is 10.5 Å². The molecular weight excluding hydrogens is 294 g/mol. The van der Waals surface area contributed by atoms with E-state index in [2.05, 4.69) is 10.6 Å². The van der Waals surface area contributed by atoms with E-state index in [0.29, 0.717) is 24.1 Å². The summed E-state index contributed by atoms with van der Waals surface area (Å²) in [6.07, 6.45) is 0.914. The quantitative estimate of drug-likeness (QED) is 0.778. The molecule has 1 aromatic carbocycles. The van der Waals surface area contributed by atoms with Crippen molar-refractivity contribution in [2.24, 2.45) is 0 Å². The van der Waals surface area contributed by atoms with E-state index in [1.807, 2.05) is 13.0 Å². The number of carbonyl (C=O) groups excluding carboxylic acids is 1. The zero-order valence-corrected chi connectivity index (χ0v) is 12.5. The van der Waals surface area contributed by atoms with E-state index >= 15 is 0 Å². The van der Waals surface area contributed by atoms with Gasteiger partial charge >= 0.3 is 12.0 Å². The molecule has 0 fully saturated rings. The first-order valence-electron chi connectivity index (χ1n) is 6.34. The van der Waals surface area contributed by atoms with Crippen molar-refractivity contribution >= 4 is 29.3 Å². The highest BCUT2D eigenvalue weighted by molar-refractivity contribution is 6.33. The molecule has 112 valence electrons. The summed E-state index contributed by atoms with van der Waals surface area (Å²) in [5.74, 6) is -1.11. The Morgan fingerprint density at radius 1 is 1.48 bits per heavy atom. The fourth-order valence-electron chi connectivity index (χ4n) is 1.81. The van der Waals surface area contributed by atoms with E-state index in [1.54, 1.807) is 0 Å². The zero-order valence-electron chi connectivity index (χ0n) is 11.7. The van der Waals surface area contributed by atoms with E-state index in [1.165, 1.54) is 25.1 Å². The summed E-state index contributed by atoms with van der Waals surface area (Å²) in [7, 11) is 0. The van der Waals surface area contributed by atoms with Gasteiger partial charge in [0, 0.05) is 0 Å². The van der Waals surface area contributed by atoms with Crippen molar-refractivity contribution in [3.8, 4) is 6.07 Å². The number of nitrogens with zero attached hydrogens (tertiary/aromatic N) is 1. The van der Waals surface area contributed by atoms with Crippen LogP contribution in [-0.4, -0.2) is 22.6 Å². The Hall–Kier alpha value is -2.26. The monoisotopic (exact) mass is 309 g/mol. The summed E-state index contributed by atoms with van der Waals surface area (Å²) in [5, 5.41) is 23.0. The number of carboxylic acid groups (broad SMARTS) is 1. The van der Waals surface area contributed by atoms with Gasteiger partial charge in [-0.3, -0.25) is 0 Å². The normalized spacial score (nSPS) is 12.9. The number of carboxylic acids is 1. The third-order valence-corrected chi connectivity index (χ3v) is 3.27. The lowest BCUT2D eigenvalue weighted by Crippen LogP contribution is -2.53. The van der Waals surface area contributed by atoms with Crippen LogP contribution in [0.5, 0.6) is 0 Å². The smallest absolute Gasteiger partial charge is 0.329 e. The minimum Gasteiger partial charge on any atom is -0.480 e. The number of urea groups is 1. The van der Waals surface area contributed by atoms with E-state index in [0.717, 1.165) is 0 Å². The average Bonchev–Trinajstić information content (AvgIpc) is 2.41. The van der Waals surface area contributed by atoms with Gasteiger partial charge in [0.25, 0.3) is 0 Å². The molecule has 0 aliphatic rings. The number of amides is 2. The minimum absolute atomic E-state index is 0.205. The standard InChI is InChI=1S/C14H16ClN3O3/c1-3-6-14(2,12(19)20)18-13(21)17-11-5-4-9(8-16)7-10(11)15/h4-5,7H,3,6H2,1-2H3,(H,19,20)(H2,17,18,21). The minimum atomic E-state index is -1.35. The number of halogens is 1. The Balaban J connectivity index is 2.82. The number of carbonyl (C=O) groups is 2. The van der Waals surface area contributed by atoms with Gasteiger partial charge in [-0.05, 0) is 31.5 Å². The molecule has 0 saturated carbocycles. The lowest BCUT2D eigenvalue weighted by molar-refractivity contribution is -0.143. The molecule has 2 amide bonds. The Labute approximate surface area is 127 Å². The molecule has 0 aliphatic carbocycles. The Morgan fingerprint density at radius 3 is 2.62 bits per heavy atom. The number of aliphatic carboxylic acids is 1. The molecule has 0 aliphatic heterocycles. The third kappa shape index (κ3) is 4.36. The average molecular weight is 310 g/mol. The van der Waals surface area contributed by atoms with Crippen molar-refractivity contribution in [3.63, 3.8) is 0 Å². The predicted octanol–water partition coefficient (Wildman–Crippen LogP) is 2.98. The lowest BCUT2D eigenvalue weighted by Gasteiger charge is -2.25. The summed E-state index contributed by atoms with van der Waals surface area (Å²) in [4.78, 5) is 23.1. The first kappa shape index (κ1) is 16.8. The van der Waals surface area contributed by atoms with Crippen LogP contribution >= 0.6 is 11.6 Å². The predicted molar refractivity (Wildman–Crippen MR) is 79.3 cm³/mol. The summed E-state index contributed by atoms with van der Waals surface area (Å²) >= 11 is 5.94. The highest BCUT2D eigenvalue weighted by atomic mass is 35.5. The fraction of sp³-hybridized carbons (Fsp3) is 0.357. The SMILES string of the molecule is CCCC(C)(NC(=O)Nc1ccc(C#N)cc1Cl)C(=O)O. The van der Waals surface area contributed by atoms with Gasteiger partial charge < -0.3 is 15.7 Å². The maximum absolute atomic E-state index is 11.9. The maximum atomic E-state index is 11.9. The van der Waals surface area contributed by atoms with Crippen LogP contribution < -0.4 is 10.6 Å². The van der Waals surface area contributed by atoms with Gasteiger partial charge in [0.1, 0.15) is 5.54 Å². The molecule has 0 heterocycles. The van der Waals surface area contributed by atoms with Gasteiger partial charge in [-0.15, -0.1) is 0 Å². The molecule has 0 saturated heterocycles. The first-order chi connectivity index (χ1) is 9.82. The number of hydrogen-bond donors (Lipinski definition) is 3. The number of hydrogen-bond acceptors (Lipinski definition) is 3. The molecular formula is C14H16ClN3O3. The zero-order chi connectivity index (χ0) is 16.0. The number of nitrogens with one attached hydrogen (secondary N) is 2. The first-order valence-corrected chi connectivity index (χ1v) is 6.72. The summed E-state index contributed by atoms with van der Waals surface area (Å²) < 4.78 is 0. The van der Waals surface area contributed by atoms with Gasteiger partial charge in [0.05, 0.1) is 22.3 Å². The van der Waals surface area contributed by atoms with Gasteiger partial charge in [-0.1, -0.05) is 24.9 Å². The van der Waals surface area contributed by atoms with Crippen LogP contribution in [0.3, 0.4) is 0 Å². The molecule has 21 heavy (non-hydrogen) atoms. The Kier molecular flexibility index (Phi) is 5.56. The second-order valence-corrected chi connectivity index (χ2v) is 5.18. The highest BCUT2D eigenvalue weighted by Crippen LogP contribution is 2.23. The number of benzene rings is 1. The molecule has 1 atom stereocenters. The van der Waals surface area contributed by atoms with Gasteiger partial charge in [-0.25, -0.2) is 9.59 Å². The van der Waals surface area contributed by atoms with E-state index < -0.39 is 17.5 Å². The molecule has 1 rings (SSSR count). The third-order valence-electron chi connectivity index (χ3n) is 2.96. The van der Waals surface area contributed by atoms with Crippen LogP contribution in [0.2, 0.25) is 5.02 Å². The summed E-state index contributed by atoms with van der Waals surface area (Å²) in [6.45, 7) is 3.27. The van der Waals surface area contributed by atoms with Crippen LogP contribution in [0.25, 0.3) is 0 Å². The van der Waals surface area contributed by atoms with Crippen molar-refractivity contribution in [2.45, 2.75) is 32.2 Å². The Bertz CT molecular complexity index is 598. The molecule has 0 aromatic heterocycles. The van der Waals surface area contributed by atoms with Crippen LogP contribution in [-0.2, 0) is 4.79 Å². The van der Waals surface area contributed by atoms with Crippen LogP contribution in [0, 0.1) is 11.3 Å². The second-order valence-electron chi connectivity index (χ2n) is 4.77. The molecule has 0 bridgehead atoms. The van der Waals surface area contributed by atoms with Crippen molar-refractivity contribution in [3.05, 3.63) is 28.8 Å². The van der Waals surface area contributed by atoms with Gasteiger partial charge in [0.15, 0.2) is 0 Å². The van der Waals surface area contributed by atoms with Gasteiger partial charge in [-0.2, -0.15) is 5.26 Å². The highest BCUT2D eigenvalue weighted by Gasteiger charge is 2.33. The molecule has 1 aromatic rings. The molecule has 7 heteroatoms. The molecule has 6 nitrogen and oxygen atoms in total. The van der Waals surface area contributed by atoms with E-state index in [4.69, 9.17) is 16.9 Å². The van der Waals surface area contributed by atoms with Crippen LogP contribution in [0.1, 0.15) is 32.3 Å².